The van der Waals surface area contributed by atoms with Gasteiger partial charge in [-0.1, -0.05) is 6.08 Å². The molecule has 1 fully saturated rings. The van der Waals surface area contributed by atoms with Gasteiger partial charge < -0.3 is 14.4 Å². The summed E-state index contributed by atoms with van der Waals surface area (Å²) in [4.78, 5) is 0. The molecule has 1 aliphatic rings. The highest BCUT2D eigenvalue weighted by Gasteiger charge is 2.52. The molecular formula is C15H19BF2O3. The lowest BCUT2D eigenvalue weighted by Gasteiger charge is -2.32. The van der Waals surface area contributed by atoms with E-state index in [1.807, 2.05) is 27.7 Å². The first kappa shape index (κ1) is 16.1. The van der Waals surface area contributed by atoms with Crippen molar-refractivity contribution in [2.24, 2.45) is 0 Å². The highest BCUT2D eigenvalue weighted by atomic mass is 19.1. The van der Waals surface area contributed by atoms with Crippen LogP contribution in [-0.2, 0) is 9.31 Å². The SMILES string of the molecule is CC1(C)OB(C(=Cc2ccc(F)cc2F)CO)OC1(C)C. The third-order valence-corrected chi connectivity index (χ3v) is 4.04. The molecule has 2 rings (SSSR count). The summed E-state index contributed by atoms with van der Waals surface area (Å²) >= 11 is 0. The maximum atomic E-state index is 13.7. The Hall–Kier alpha value is -1.24. The van der Waals surface area contributed by atoms with Crippen molar-refractivity contribution < 1.29 is 23.2 Å². The molecule has 0 aliphatic carbocycles. The number of hydrogen-bond donors (Lipinski definition) is 1. The molecule has 3 nitrogen and oxygen atoms in total. The Morgan fingerprint density at radius 1 is 1.19 bits per heavy atom. The van der Waals surface area contributed by atoms with Crippen molar-refractivity contribution >= 4 is 13.2 Å². The molecule has 0 atom stereocenters. The minimum Gasteiger partial charge on any atom is -0.400 e. The van der Waals surface area contributed by atoms with Gasteiger partial charge in [0.05, 0.1) is 17.8 Å². The summed E-state index contributed by atoms with van der Waals surface area (Å²) in [6.07, 6.45) is 1.43. The normalized spacial score (nSPS) is 20.9. The second-order valence-corrected chi connectivity index (χ2v) is 6.13. The molecule has 0 bridgehead atoms. The molecule has 1 aromatic carbocycles. The zero-order chi connectivity index (χ0) is 15.8. The van der Waals surface area contributed by atoms with Crippen LogP contribution >= 0.6 is 0 Å². The van der Waals surface area contributed by atoms with E-state index >= 15 is 0 Å². The third kappa shape index (κ3) is 3.17. The molecule has 0 spiro atoms. The van der Waals surface area contributed by atoms with Gasteiger partial charge in [-0.2, -0.15) is 0 Å². The van der Waals surface area contributed by atoms with Crippen LogP contribution in [0.1, 0.15) is 33.3 Å². The summed E-state index contributed by atoms with van der Waals surface area (Å²) in [5.41, 5.74) is -0.533. The minimum atomic E-state index is -0.760. The Kier molecular flexibility index (Phi) is 4.24. The van der Waals surface area contributed by atoms with Crippen molar-refractivity contribution in [1.82, 2.24) is 0 Å². The first-order valence-corrected chi connectivity index (χ1v) is 6.78. The molecule has 6 heteroatoms. The lowest BCUT2D eigenvalue weighted by Crippen LogP contribution is -2.41. The average molecular weight is 296 g/mol. The van der Waals surface area contributed by atoms with Gasteiger partial charge in [0.2, 0.25) is 0 Å². The van der Waals surface area contributed by atoms with E-state index in [1.54, 1.807) is 0 Å². The first-order valence-electron chi connectivity index (χ1n) is 6.78. The van der Waals surface area contributed by atoms with Gasteiger partial charge in [0, 0.05) is 11.6 Å². The molecule has 1 aromatic rings. The predicted molar refractivity (Wildman–Crippen MR) is 77.5 cm³/mol. The van der Waals surface area contributed by atoms with Crippen molar-refractivity contribution in [1.29, 1.82) is 0 Å². The smallest absolute Gasteiger partial charge is 0.400 e. The molecule has 0 aromatic heterocycles. The van der Waals surface area contributed by atoms with Crippen molar-refractivity contribution in [3.63, 3.8) is 0 Å². The quantitative estimate of drug-likeness (QED) is 0.872. The van der Waals surface area contributed by atoms with Crippen molar-refractivity contribution in [3.8, 4) is 0 Å². The van der Waals surface area contributed by atoms with Gasteiger partial charge in [-0.05, 0) is 45.3 Å². The largest absolute Gasteiger partial charge is 0.492 e. The minimum absolute atomic E-state index is 0.176. The molecule has 0 unspecified atom stereocenters. The average Bonchev–Trinajstić information content (AvgIpc) is 2.57. The Morgan fingerprint density at radius 2 is 1.76 bits per heavy atom. The molecule has 0 amide bonds. The van der Waals surface area contributed by atoms with E-state index in [9.17, 15) is 13.9 Å². The highest BCUT2D eigenvalue weighted by molar-refractivity contribution is 6.55. The number of benzene rings is 1. The van der Waals surface area contributed by atoms with Gasteiger partial charge in [0.1, 0.15) is 11.6 Å². The molecule has 21 heavy (non-hydrogen) atoms. The summed E-state index contributed by atoms with van der Waals surface area (Å²) in [5.74, 6) is -1.34. The van der Waals surface area contributed by atoms with Crippen LogP contribution < -0.4 is 0 Å². The zero-order valence-electron chi connectivity index (χ0n) is 12.6. The summed E-state index contributed by atoms with van der Waals surface area (Å²) in [6, 6.07) is 3.27. The van der Waals surface area contributed by atoms with Crippen LogP contribution in [-0.4, -0.2) is 30.0 Å². The maximum absolute atomic E-state index is 13.7. The lowest BCUT2D eigenvalue weighted by molar-refractivity contribution is 0.00578. The van der Waals surface area contributed by atoms with Gasteiger partial charge in [0.15, 0.2) is 0 Å². The molecule has 1 aliphatic heterocycles. The van der Waals surface area contributed by atoms with E-state index in [2.05, 4.69) is 0 Å². The molecule has 0 saturated carbocycles. The van der Waals surface area contributed by atoms with Crippen molar-refractivity contribution in [3.05, 3.63) is 40.9 Å². The number of rotatable bonds is 3. The predicted octanol–water partition coefficient (Wildman–Crippen LogP) is 2.97. The van der Waals surface area contributed by atoms with Crippen molar-refractivity contribution in [2.45, 2.75) is 38.9 Å². The van der Waals surface area contributed by atoms with Gasteiger partial charge in [0.25, 0.3) is 0 Å². The van der Waals surface area contributed by atoms with Crippen LogP contribution in [0.15, 0.2) is 23.7 Å². The van der Waals surface area contributed by atoms with Gasteiger partial charge in [-0.25, -0.2) is 8.78 Å². The van der Waals surface area contributed by atoms with Crippen LogP contribution in [0.25, 0.3) is 6.08 Å². The molecule has 1 saturated heterocycles. The number of aliphatic hydroxyl groups is 1. The summed E-state index contributed by atoms with van der Waals surface area (Å²) < 4.78 is 38.2. The Morgan fingerprint density at radius 3 is 2.24 bits per heavy atom. The van der Waals surface area contributed by atoms with Gasteiger partial charge >= 0.3 is 7.12 Å². The number of hydrogen-bond acceptors (Lipinski definition) is 3. The van der Waals surface area contributed by atoms with Crippen LogP contribution in [0.3, 0.4) is 0 Å². The first-order chi connectivity index (χ1) is 9.66. The van der Waals surface area contributed by atoms with Gasteiger partial charge in [-0.15, -0.1) is 0 Å². The highest BCUT2D eigenvalue weighted by Crippen LogP contribution is 2.38. The fraction of sp³-hybridized carbons (Fsp3) is 0.467. The Bertz CT molecular complexity index is 554. The van der Waals surface area contributed by atoms with E-state index in [4.69, 9.17) is 9.31 Å². The second kappa shape index (κ2) is 5.52. The zero-order valence-corrected chi connectivity index (χ0v) is 12.6. The van der Waals surface area contributed by atoms with E-state index in [0.29, 0.717) is 5.47 Å². The maximum Gasteiger partial charge on any atom is 0.492 e. The Balaban J connectivity index is 2.31. The summed E-state index contributed by atoms with van der Waals surface area (Å²) in [7, 11) is -0.760. The second-order valence-electron chi connectivity index (χ2n) is 6.13. The number of aliphatic hydroxyl groups excluding tert-OH is 1. The molecule has 1 heterocycles. The topological polar surface area (TPSA) is 38.7 Å². The summed E-state index contributed by atoms with van der Waals surface area (Å²) in [6.45, 7) is 7.22. The van der Waals surface area contributed by atoms with E-state index in [0.717, 1.165) is 12.1 Å². The van der Waals surface area contributed by atoms with Crippen LogP contribution in [0, 0.1) is 11.6 Å². The Labute approximate surface area is 123 Å². The van der Waals surface area contributed by atoms with Crippen LogP contribution in [0.2, 0.25) is 0 Å². The van der Waals surface area contributed by atoms with Crippen LogP contribution in [0.4, 0.5) is 8.78 Å². The fourth-order valence-electron chi connectivity index (χ4n) is 2.00. The van der Waals surface area contributed by atoms with Crippen LogP contribution in [0.5, 0.6) is 0 Å². The van der Waals surface area contributed by atoms with Crippen molar-refractivity contribution in [2.75, 3.05) is 6.61 Å². The third-order valence-electron chi connectivity index (χ3n) is 4.04. The standard InChI is InChI=1S/C15H19BF2O3/c1-14(2)15(3,4)21-16(20-14)11(9-19)7-10-5-6-12(17)8-13(10)18/h5-8,19H,9H2,1-4H3. The number of halogens is 2. The van der Waals surface area contributed by atoms with E-state index in [1.165, 1.54) is 12.1 Å². The molecule has 1 N–H and O–H groups in total. The van der Waals surface area contributed by atoms with Gasteiger partial charge in [-0.3, -0.25) is 0 Å². The summed E-state index contributed by atoms with van der Waals surface area (Å²) in [5, 5.41) is 9.51. The monoisotopic (exact) mass is 296 g/mol. The molecule has 0 radical (unpaired) electrons. The fourth-order valence-corrected chi connectivity index (χ4v) is 2.00. The van der Waals surface area contributed by atoms with E-state index < -0.39 is 30.0 Å². The molecule has 114 valence electrons. The van der Waals surface area contributed by atoms with E-state index in [-0.39, 0.29) is 12.2 Å². The molecular weight excluding hydrogens is 277 g/mol. The lowest BCUT2D eigenvalue weighted by atomic mass is 9.77.